The Labute approximate surface area is 86.3 Å². The molecule has 1 aromatic carbocycles. The molecular weight excluding hydrogens is 172 g/mol. The molecule has 0 amide bonds. The van der Waals surface area contributed by atoms with Gasteiger partial charge in [0.2, 0.25) is 0 Å². The first kappa shape index (κ1) is 11.2. The zero-order chi connectivity index (χ0) is 10.6. The number of rotatable bonds is 4. The van der Waals surface area contributed by atoms with Crippen LogP contribution >= 0.6 is 0 Å². The highest BCUT2D eigenvalue weighted by atomic mass is 14.6. The third-order valence-corrected chi connectivity index (χ3v) is 2.34. The van der Waals surface area contributed by atoms with E-state index >= 15 is 0 Å². The van der Waals surface area contributed by atoms with E-state index in [4.69, 9.17) is 11.5 Å². The molecule has 1 aromatic rings. The van der Waals surface area contributed by atoms with E-state index in [0.717, 1.165) is 12.0 Å². The maximum atomic E-state index is 6.08. The molecule has 14 heavy (non-hydrogen) atoms. The average Bonchev–Trinajstić information content (AvgIpc) is 2.17. The fraction of sp³-hybridized carbons (Fsp3) is 0.500. The Balaban J connectivity index is 2.73. The Morgan fingerprint density at radius 2 is 2.00 bits per heavy atom. The third-order valence-electron chi connectivity index (χ3n) is 2.34. The van der Waals surface area contributed by atoms with Crippen molar-refractivity contribution < 1.29 is 0 Å². The molecule has 0 aliphatic carbocycles. The van der Waals surface area contributed by atoms with Gasteiger partial charge in [0.05, 0.1) is 0 Å². The first-order valence-corrected chi connectivity index (χ1v) is 5.18. The maximum Gasteiger partial charge on any atom is 0.0297 e. The van der Waals surface area contributed by atoms with Crippen molar-refractivity contribution in [2.45, 2.75) is 32.9 Å². The highest BCUT2D eigenvalue weighted by Crippen LogP contribution is 2.19. The van der Waals surface area contributed by atoms with Crippen LogP contribution in [0.3, 0.4) is 0 Å². The zero-order valence-electron chi connectivity index (χ0n) is 9.03. The second-order valence-corrected chi connectivity index (χ2v) is 4.19. The molecule has 0 fully saturated rings. The van der Waals surface area contributed by atoms with Crippen molar-refractivity contribution in [2.75, 3.05) is 0 Å². The predicted octanol–water partition coefficient (Wildman–Crippen LogP) is 2.19. The molecule has 0 radical (unpaired) electrons. The Bertz CT molecular complexity index is 281. The van der Waals surface area contributed by atoms with Gasteiger partial charge < -0.3 is 11.5 Å². The lowest BCUT2D eigenvalue weighted by Crippen LogP contribution is -2.13. The largest absolute Gasteiger partial charge is 0.326 e. The Kier molecular flexibility index (Phi) is 4.11. The summed E-state index contributed by atoms with van der Waals surface area (Å²) in [5.74, 6) is 0.631. The summed E-state index contributed by atoms with van der Waals surface area (Å²) >= 11 is 0. The third kappa shape index (κ3) is 3.13. The van der Waals surface area contributed by atoms with Gasteiger partial charge in [0.25, 0.3) is 0 Å². The van der Waals surface area contributed by atoms with Gasteiger partial charge in [-0.2, -0.15) is 0 Å². The van der Waals surface area contributed by atoms with Crippen LogP contribution in [-0.2, 0) is 6.54 Å². The lowest BCUT2D eigenvalue weighted by molar-refractivity contribution is 0.510. The van der Waals surface area contributed by atoms with Crippen molar-refractivity contribution in [3.05, 3.63) is 35.4 Å². The summed E-state index contributed by atoms with van der Waals surface area (Å²) in [6, 6.07) is 8.38. The Morgan fingerprint density at radius 3 is 2.57 bits per heavy atom. The summed E-state index contributed by atoms with van der Waals surface area (Å²) in [5, 5.41) is 0. The van der Waals surface area contributed by atoms with E-state index in [1.807, 2.05) is 12.1 Å². The van der Waals surface area contributed by atoms with Crippen molar-refractivity contribution in [3.63, 3.8) is 0 Å². The van der Waals surface area contributed by atoms with E-state index in [-0.39, 0.29) is 6.04 Å². The number of hydrogen-bond acceptors (Lipinski definition) is 2. The molecule has 1 atom stereocenters. The smallest absolute Gasteiger partial charge is 0.0297 e. The first-order valence-electron chi connectivity index (χ1n) is 5.18. The Hall–Kier alpha value is -0.860. The van der Waals surface area contributed by atoms with Crippen LogP contribution in [0.25, 0.3) is 0 Å². The fourth-order valence-corrected chi connectivity index (χ4v) is 1.59. The van der Waals surface area contributed by atoms with E-state index in [0.29, 0.717) is 12.5 Å². The van der Waals surface area contributed by atoms with Crippen molar-refractivity contribution in [1.29, 1.82) is 0 Å². The zero-order valence-corrected chi connectivity index (χ0v) is 9.03. The topological polar surface area (TPSA) is 52.0 Å². The minimum atomic E-state index is 0.140. The minimum Gasteiger partial charge on any atom is -0.326 e. The molecular formula is C12H20N2. The van der Waals surface area contributed by atoms with Gasteiger partial charge in [0.15, 0.2) is 0 Å². The van der Waals surface area contributed by atoms with E-state index in [9.17, 15) is 0 Å². The van der Waals surface area contributed by atoms with Crippen molar-refractivity contribution in [2.24, 2.45) is 17.4 Å². The molecule has 0 bridgehead atoms. The molecule has 0 saturated carbocycles. The maximum absolute atomic E-state index is 6.08. The van der Waals surface area contributed by atoms with E-state index < -0.39 is 0 Å². The molecule has 78 valence electrons. The summed E-state index contributed by atoms with van der Waals surface area (Å²) in [6.45, 7) is 4.96. The van der Waals surface area contributed by atoms with Crippen LogP contribution in [-0.4, -0.2) is 0 Å². The standard InChI is InChI=1S/C12H20N2/c1-9(2)6-12(14)11-5-3-4-10(7-11)8-13/h3-5,7,9,12H,6,8,13-14H2,1-2H3. The molecule has 0 aliphatic heterocycles. The number of nitrogens with two attached hydrogens (primary N) is 2. The van der Waals surface area contributed by atoms with Gasteiger partial charge >= 0.3 is 0 Å². The van der Waals surface area contributed by atoms with Crippen molar-refractivity contribution in [3.8, 4) is 0 Å². The van der Waals surface area contributed by atoms with Crippen LogP contribution in [0.4, 0.5) is 0 Å². The van der Waals surface area contributed by atoms with Gasteiger partial charge in [0, 0.05) is 12.6 Å². The molecule has 0 aliphatic rings. The SMILES string of the molecule is CC(C)CC(N)c1cccc(CN)c1. The van der Waals surface area contributed by atoms with E-state index in [2.05, 4.69) is 26.0 Å². The molecule has 1 unspecified atom stereocenters. The lowest BCUT2D eigenvalue weighted by atomic mass is 9.96. The molecule has 1 rings (SSSR count). The summed E-state index contributed by atoms with van der Waals surface area (Å²) in [7, 11) is 0. The molecule has 0 saturated heterocycles. The van der Waals surface area contributed by atoms with E-state index in [1.54, 1.807) is 0 Å². The van der Waals surface area contributed by atoms with Crippen molar-refractivity contribution >= 4 is 0 Å². The molecule has 2 nitrogen and oxygen atoms in total. The van der Waals surface area contributed by atoms with Crippen LogP contribution in [0.2, 0.25) is 0 Å². The minimum absolute atomic E-state index is 0.140. The molecule has 0 aromatic heterocycles. The first-order chi connectivity index (χ1) is 6.63. The summed E-state index contributed by atoms with van der Waals surface area (Å²) in [6.07, 6.45) is 1.02. The van der Waals surface area contributed by atoms with Gasteiger partial charge in [-0.1, -0.05) is 38.1 Å². The molecule has 0 heterocycles. The fourth-order valence-electron chi connectivity index (χ4n) is 1.59. The lowest BCUT2D eigenvalue weighted by Gasteiger charge is -2.15. The monoisotopic (exact) mass is 192 g/mol. The summed E-state index contributed by atoms with van der Waals surface area (Å²) in [5.41, 5.74) is 14.0. The van der Waals surface area contributed by atoms with Crippen LogP contribution in [0.1, 0.15) is 37.4 Å². The average molecular weight is 192 g/mol. The normalized spacial score (nSPS) is 13.2. The summed E-state index contributed by atoms with van der Waals surface area (Å²) < 4.78 is 0. The molecule has 0 spiro atoms. The predicted molar refractivity (Wildman–Crippen MR) is 60.7 cm³/mol. The van der Waals surface area contributed by atoms with E-state index in [1.165, 1.54) is 5.56 Å². The van der Waals surface area contributed by atoms with Gasteiger partial charge in [-0.15, -0.1) is 0 Å². The second kappa shape index (κ2) is 5.13. The van der Waals surface area contributed by atoms with Gasteiger partial charge in [-0.25, -0.2) is 0 Å². The second-order valence-electron chi connectivity index (χ2n) is 4.19. The van der Waals surface area contributed by atoms with Gasteiger partial charge in [-0.05, 0) is 23.5 Å². The van der Waals surface area contributed by atoms with Gasteiger partial charge in [0.1, 0.15) is 0 Å². The van der Waals surface area contributed by atoms with Crippen LogP contribution in [0.5, 0.6) is 0 Å². The summed E-state index contributed by atoms with van der Waals surface area (Å²) in [4.78, 5) is 0. The van der Waals surface area contributed by atoms with Crippen LogP contribution < -0.4 is 11.5 Å². The quantitative estimate of drug-likeness (QED) is 0.768. The number of benzene rings is 1. The van der Waals surface area contributed by atoms with Crippen molar-refractivity contribution in [1.82, 2.24) is 0 Å². The molecule has 2 heteroatoms. The highest BCUT2D eigenvalue weighted by Gasteiger charge is 2.08. The van der Waals surface area contributed by atoms with Crippen LogP contribution in [0, 0.1) is 5.92 Å². The molecule has 4 N–H and O–H groups in total. The van der Waals surface area contributed by atoms with Gasteiger partial charge in [-0.3, -0.25) is 0 Å². The Morgan fingerprint density at radius 1 is 1.29 bits per heavy atom. The van der Waals surface area contributed by atoms with Crippen LogP contribution in [0.15, 0.2) is 24.3 Å². The highest BCUT2D eigenvalue weighted by molar-refractivity contribution is 5.25. The number of hydrogen-bond donors (Lipinski definition) is 2.